The summed E-state index contributed by atoms with van der Waals surface area (Å²) < 4.78 is 1.76. The van der Waals surface area contributed by atoms with Gasteiger partial charge in [0.15, 0.2) is 0 Å². The lowest BCUT2D eigenvalue weighted by molar-refractivity contribution is 0.226. The van der Waals surface area contributed by atoms with E-state index in [4.69, 9.17) is 5.11 Å². The molecule has 2 N–H and O–H groups in total. The number of aliphatic hydroxyl groups is 1. The van der Waals surface area contributed by atoms with Gasteiger partial charge in [-0.3, -0.25) is 4.79 Å². The maximum atomic E-state index is 11.9. The lowest BCUT2D eigenvalue weighted by Crippen LogP contribution is -2.29. The molecule has 0 saturated carbocycles. The van der Waals surface area contributed by atoms with Gasteiger partial charge in [0.1, 0.15) is 4.47 Å². The first kappa shape index (κ1) is 14.9. The largest absolute Gasteiger partial charge is 0.396 e. The molecule has 1 heterocycles. The van der Waals surface area contributed by atoms with Gasteiger partial charge in [0, 0.05) is 12.6 Å². The van der Waals surface area contributed by atoms with Crippen LogP contribution in [0.4, 0.5) is 5.69 Å². The number of aliphatic hydroxyl groups excluding tert-OH is 1. The molecule has 0 bridgehead atoms. The first-order valence-electron chi connectivity index (χ1n) is 5.75. The summed E-state index contributed by atoms with van der Waals surface area (Å²) in [5.74, 6) is 0.0903. The molecule has 0 amide bonds. The molecule has 0 aliphatic carbocycles. The Kier molecular flexibility index (Phi) is 5.55. The van der Waals surface area contributed by atoms with Gasteiger partial charge in [0.2, 0.25) is 0 Å². The van der Waals surface area contributed by atoms with Crippen molar-refractivity contribution >= 4 is 21.6 Å². The second-order valence-electron chi connectivity index (χ2n) is 4.24. The molecule has 0 saturated heterocycles. The fourth-order valence-electron chi connectivity index (χ4n) is 1.36. The SMILES string of the molecule is C=CCn1ncc(NC(C)C(C)CO)c(Br)c1=O. The van der Waals surface area contributed by atoms with Crippen molar-refractivity contribution in [3.8, 4) is 0 Å². The summed E-state index contributed by atoms with van der Waals surface area (Å²) in [7, 11) is 0. The van der Waals surface area contributed by atoms with E-state index in [2.05, 4.69) is 32.9 Å². The number of nitrogens with one attached hydrogen (secondary N) is 1. The zero-order valence-electron chi connectivity index (χ0n) is 10.6. The Morgan fingerprint density at radius 1 is 1.67 bits per heavy atom. The molecule has 6 heteroatoms. The van der Waals surface area contributed by atoms with E-state index in [0.717, 1.165) is 0 Å². The quantitative estimate of drug-likeness (QED) is 0.783. The average Bonchev–Trinajstić information content (AvgIpc) is 2.37. The lowest BCUT2D eigenvalue weighted by Gasteiger charge is -2.21. The predicted molar refractivity (Wildman–Crippen MR) is 75.7 cm³/mol. The topological polar surface area (TPSA) is 67.2 Å². The first-order chi connectivity index (χ1) is 8.51. The minimum absolute atomic E-state index is 0.0442. The maximum Gasteiger partial charge on any atom is 0.283 e. The van der Waals surface area contributed by atoms with Crippen molar-refractivity contribution in [2.24, 2.45) is 5.92 Å². The Morgan fingerprint density at radius 3 is 2.89 bits per heavy atom. The van der Waals surface area contributed by atoms with Gasteiger partial charge in [-0.1, -0.05) is 13.0 Å². The molecule has 0 fully saturated rings. The molecule has 100 valence electrons. The highest BCUT2D eigenvalue weighted by atomic mass is 79.9. The van der Waals surface area contributed by atoms with Crippen LogP contribution in [0.25, 0.3) is 0 Å². The number of aromatic nitrogens is 2. The third-order valence-corrected chi connectivity index (χ3v) is 3.58. The summed E-state index contributed by atoms with van der Waals surface area (Å²) in [6.07, 6.45) is 3.21. The van der Waals surface area contributed by atoms with Crippen LogP contribution in [-0.4, -0.2) is 27.5 Å². The van der Waals surface area contributed by atoms with Crippen molar-refractivity contribution < 1.29 is 5.11 Å². The van der Waals surface area contributed by atoms with E-state index >= 15 is 0 Å². The molecule has 0 aromatic carbocycles. The highest BCUT2D eigenvalue weighted by molar-refractivity contribution is 9.10. The summed E-state index contributed by atoms with van der Waals surface area (Å²) in [5, 5.41) is 16.3. The summed E-state index contributed by atoms with van der Waals surface area (Å²) in [4.78, 5) is 11.9. The molecule has 2 atom stereocenters. The van der Waals surface area contributed by atoms with E-state index in [0.29, 0.717) is 16.7 Å². The zero-order valence-corrected chi connectivity index (χ0v) is 12.1. The third kappa shape index (κ3) is 3.43. The molecule has 18 heavy (non-hydrogen) atoms. The van der Waals surface area contributed by atoms with Gasteiger partial charge in [0.25, 0.3) is 5.56 Å². The van der Waals surface area contributed by atoms with Crippen molar-refractivity contribution in [1.82, 2.24) is 9.78 Å². The smallest absolute Gasteiger partial charge is 0.283 e. The number of allylic oxidation sites excluding steroid dienone is 1. The number of anilines is 1. The van der Waals surface area contributed by atoms with Gasteiger partial charge in [-0.2, -0.15) is 5.10 Å². The Balaban J connectivity index is 2.95. The van der Waals surface area contributed by atoms with Crippen LogP contribution in [0.15, 0.2) is 28.1 Å². The molecular formula is C12H18BrN3O2. The van der Waals surface area contributed by atoms with E-state index in [1.807, 2.05) is 13.8 Å². The fourth-order valence-corrected chi connectivity index (χ4v) is 1.79. The summed E-state index contributed by atoms with van der Waals surface area (Å²) in [6.45, 7) is 7.91. The fraction of sp³-hybridized carbons (Fsp3) is 0.500. The van der Waals surface area contributed by atoms with Crippen LogP contribution < -0.4 is 10.9 Å². The van der Waals surface area contributed by atoms with Gasteiger partial charge in [-0.05, 0) is 28.8 Å². The molecule has 0 radical (unpaired) electrons. The van der Waals surface area contributed by atoms with Crippen LogP contribution >= 0.6 is 15.9 Å². The normalized spacial score (nSPS) is 14.0. The van der Waals surface area contributed by atoms with E-state index in [9.17, 15) is 4.79 Å². The number of hydrogen-bond acceptors (Lipinski definition) is 4. The van der Waals surface area contributed by atoms with Crippen LogP contribution in [0, 0.1) is 5.92 Å². The van der Waals surface area contributed by atoms with Gasteiger partial charge in [-0.25, -0.2) is 4.68 Å². The summed E-state index contributed by atoms with van der Waals surface area (Å²) >= 11 is 3.27. The Morgan fingerprint density at radius 2 is 2.33 bits per heavy atom. The molecule has 0 aliphatic heterocycles. The van der Waals surface area contributed by atoms with Crippen molar-refractivity contribution in [3.05, 3.63) is 33.7 Å². The van der Waals surface area contributed by atoms with Crippen LogP contribution in [0.5, 0.6) is 0 Å². The Hall–Kier alpha value is -1.14. The highest BCUT2D eigenvalue weighted by Crippen LogP contribution is 2.19. The molecular weight excluding hydrogens is 298 g/mol. The van der Waals surface area contributed by atoms with E-state index in [-0.39, 0.29) is 24.1 Å². The number of nitrogens with zero attached hydrogens (tertiary/aromatic N) is 2. The second-order valence-corrected chi connectivity index (χ2v) is 5.03. The zero-order chi connectivity index (χ0) is 13.7. The second kappa shape index (κ2) is 6.70. The van der Waals surface area contributed by atoms with E-state index in [1.54, 1.807) is 12.3 Å². The van der Waals surface area contributed by atoms with Crippen LogP contribution in [-0.2, 0) is 6.54 Å². The van der Waals surface area contributed by atoms with E-state index < -0.39 is 0 Å². The van der Waals surface area contributed by atoms with Crippen LogP contribution in [0.2, 0.25) is 0 Å². The molecule has 5 nitrogen and oxygen atoms in total. The van der Waals surface area contributed by atoms with Crippen molar-refractivity contribution in [2.45, 2.75) is 26.4 Å². The van der Waals surface area contributed by atoms with Gasteiger partial charge in [0.05, 0.1) is 18.4 Å². The predicted octanol–water partition coefficient (Wildman–Crippen LogP) is 1.62. The Bertz CT molecular complexity index is 473. The highest BCUT2D eigenvalue weighted by Gasteiger charge is 2.14. The lowest BCUT2D eigenvalue weighted by atomic mass is 10.1. The van der Waals surface area contributed by atoms with Gasteiger partial charge in [-0.15, -0.1) is 6.58 Å². The maximum absolute atomic E-state index is 11.9. The monoisotopic (exact) mass is 315 g/mol. The van der Waals surface area contributed by atoms with Crippen molar-refractivity contribution in [1.29, 1.82) is 0 Å². The third-order valence-electron chi connectivity index (χ3n) is 2.81. The van der Waals surface area contributed by atoms with E-state index in [1.165, 1.54) is 4.68 Å². The van der Waals surface area contributed by atoms with Crippen LogP contribution in [0.1, 0.15) is 13.8 Å². The van der Waals surface area contributed by atoms with Gasteiger partial charge >= 0.3 is 0 Å². The Labute approximate surface area is 115 Å². The number of rotatable bonds is 6. The minimum Gasteiger partial charge on any atom is -0.396 e. The molecule has 1 aromatic rings. The van der Waals surface area contributed by atoms with Crippen molar-refractivity contribution in [2.75, 3.05) is 11.9 Å². The molecule has 1 rings (SSSR count). The first-order valence-corrected chi connectivity index (χ1v) is 6.54. The number of hydrogen-bond donors (Lipinski definition) is 2. The summed E-state index contributed by atoms with van der Waals surface area (Å²) in [5.41, 5.74) is 0.428. The molecule has 1 aromatic heterocycles. The summed E-state index contributed by atoms with van der Waals surface area (Å²) in [6, 6.07) is 0.0442. The van der Waals surface area contributed by atoms with Crippen LogP contribution in [0.3, 0.4) is 0 Å². The molecule has 0 spiro atoms. The number of halogens is 1. The van der Waals surface area contributed by atoms with Gasteiger partial charge < -0.3 is 10.4 Å². The van der Waals surface area contributed by atoms with Crippen molar-refractivity contribution in [3.63, 3.8) is 0 Å². The standard InChI is InChI=1S/C12H18BrN3O2/c1-4-5-16-12(18)11(13)10(6-14-16)15-9(3)8(2)7-17/h4,6,8-9,15,17H,1,5,7H2,2-3H3. The average molecular weight is 316 g/mol. The molecule has 2 unspecified atom stereocenters. The minimum atomic E-state index is -0.205. The molecule has 0 aliphatic rings.